The Labute approximate surface area is 161 Å². The van der Waals surface area contributed by atoms with Crippen molar-refractivity contribution in [2.45, 2.75) is 38.5 Å². The van der Waals surface area contributed by atoms with E-state index in [0.29, 0.717) is 11.6 Å². The van der Waals surface area contributed by atoms with E-state index in [1.54, 1.807) is 12.4 Å². The molecule has 0 aliphatic carbocycles. The smallest absolute Gasteiger partial charge is 0.274 e. The van der Waals surface area contributed by atoms with Crippen LogP contribution >= 0.6 is 0 Å². The van der Waals surface area contributed by atoms with Gasteiger partial charge in [-0.2, -0.15) is 0 Å². The molecule has 2 aliphatic rings. The van der Waals surface area contributed by atoms with Gasteiger partial charge in [-0.25, -0.2) is 9.97 Å². The summed E-state index contributed by atoms with van der Waals surface area (Å²) in [5.74, 6) is 1.57. The van der Waals surface area contributed by atoms with Crippen molar-refractivity contribution in [3.8, 4) is 0 Å². The Hall–Kier alpha value is -2.43. The SMILES string of the molecule is O=C(c1cnc(N2CCCCC2)cn1)N1CCC(Cc2ccccc2)CC1. The van der Waals surface area contributed by atoms with Crippen molar-refractivity contribution in [1.29, 1.82) is 0 Å². The molecule has 0 bridgehead atoms. The van der Waals surface area contributed by atoms with E-state index in [1.807, 2.05) is 4.90 Å². The summed E-state index contributed by atoms with van der Waals surface area (Å²) in [5.41, 5.74) is 1.86. The molecule has 0 atom stereocenters. The van der Waals surface area contributed by atoms with Crippen LogP contribution in [-0.4, -0.2) is 47.0 Å². The van der Waals surface area contributed by atoms with Crippen LogP contribution in [0.2, 0.25) is 0 Å². The molecule has 0 N–H and O–H groups in total. The van der Waals surface area contributed by atoms with Gasteiger partial charge in [0.2, 0.25) is 0 Å². The largest absolute Gasteiger partial charge is 0.355 e. The third-order valence-electron chi connectivity index (χ3n) is 5.81. The Balaban J connectivity index is 1.31. The highest BCUT2D eigenvalue weighted by molar-refractivity contribution is 5.92. The van der Waals surface area contributed by atoms with Crippen molar-refractivity contribution in [3.63, 3.8) is 0 Å². The lowest BCUT2D eigenvalue weighted by Gasteiger charge is -2.32. The number of amides is 1. The number of hydrogen-bond acceptors (Lipinski definition) is 4. The maximum absolute atomic E-state index is 12.8. The van der Waals surface area contributed by atoms with Crippen molar-refractivity contribution in [1.82, 2.24) is 14.9 Å². The first kappa shape index (κ1) is 18.0. The van der Waals surface area contributed by atoms with Crippen LogP contribution in [0.15, 0.2) is 42.7 Å². The van der Waals surface area contributed by atoms with Gasteiger partial charge in [0.05, 0.1) is 12.4 Å². The lowest BCUT2D eigenvalue weighted by atomic mass is 9.90. The monoisotopic (exact) mass is 364 g/mol. The molecule has 1 amide bonds. The number of nitrogens with zero attached hydrogens (tertiary/aromatic N) is 4. The van der Waals surface area contributed by atoms with Crippen LogP contribution in [-0.2, 0) is 6.42 Å². The first-order chi connectivity index (χ1) is 13.3. The van der Waals surface area contributed by atoms with Gasteiger partial charge < -0.3 is 9.80 Å². The van der Waals surface area contributed by atoms with E-state index in [0.717, 1.165) is 51.3 Å². The van der Waals surface area contributed by atoms with Crippen LogP contribution in [0.3, 0.4) is 0 Å². The highest BCUT2D eigenvalue weighted by Gasteiger charge is 2.25. The van der Waals surface area contributed by atoms with Gasteiger partial charge >= 0.3 is 0 Å². The molecule has 2 aliphatic heterocycles. The van der Waals surface area contributed by atoms with E-state index in [9.17, 15) is 4.79 Å². The number of piperidine rings is 2. The predicted octanol–water partition coefficient (Wildman–Crippen LogP) is 3.56. The molecule has 5 heteroatoms. The molecule has 2 saturated heterocycles. The van der Waals surface area contributed by atoms with Gasteiger partial charge in [0, 0.05) is 26.2 Å². The fourth-order valence-electron chi connectivity index (χ4n) is 4.17. The van der Waals surface area contributed by atoms with Gasteiger partial charge in [0.15, 0.2) is 0 Å². The summed E-state index contributed by atoms with van der Waals surface area (Å²) in [7, 11) is 0. The number of hydrogen-bond donors (Lipinski definition) is 0. The Morgan fingerprint density at radius 3 is 2.33 bits per heavy atom. The molecule has 142 valence electrons. The zero-order valence-corrected chi connectivity index (χ0v) is 15.9. The number of rotatable bonds is 4. The molecule has 0 radical (unpaired) electrons. The Bertz CT molecular complexity index is 733. The second kappa shape index (κ2) is 8.51. The van der Waals surface area contributed by atoms with Crippen molar-refractivity contribution < 1.29 is 4.79 Å². The summed E-state index contributed by atoms with van der Waals surface area (Å²) < 4.78 is 0. The molecule has 0 unspecified atom stereocenters. The lowest BCUT2D eigenvalue weighted by molar-refractivity contribution is 0.0684. The number of carbonyl (C=O) groups excluding carboxylic acids is 1. The third-order valence-corrected chi connectivity index (χ3v) is 5.81. The zero-order chi connectivity index (χ0) is 18.5. The molecular weight excluding hydrogens is 336 g/mol. The average Bonchev–Trinajstić information content (AvgIpc) is 2.75. The molecule has 1 aromatic carbocycles. The minimum atomic E-state index is 0.0193. The molecule has 3 heterocycles. The minimum Gasteiger partial charge on any atom is -0.355 e. The number of aromatic nitrogens is 2. The topological polar surface area (TPSA) is 49.3 Å². The predicted molar refractivity (Wildman–Crippen MR) is 107 cm³/mol. The van der Waals surface area contributed by atoms with E-state index in [2.05, 4.69) is 45.2 Å². The summed E-state index contributed by atoms with van der Waals surface area (Å²) in [6.07, 6.45) is 10.3. The Morgan fingerprint density at radius 2 is 1.67 bits per heavy atom. The Kier molecular flexibility index (Phi) is 5.66. The second-order valence-electron chi connectivity index (χ2n) is 7.73. The lowest BCUT2D eigenvalue weighted by Crippen LogP contribution is -2.39. The van der Waals surface area contributed by atoms with Gasteiger partial charge in [-0.3, -0.25) is 4.79 Å². The quantitative estimate of drug-likeness (QED) is 0.832. The summed E-state index contributed by atoms with van der Waals surface area (Å²) in [4.78, 5) is 25.9. The molecular formula is C22H28N4O. The van der Waals surface area contributed by atoms with Crippen LogP contribution in [0.5, 0.6) is 0 Å². The molecule has 4 rings (SSSR count). The number of benzene rings is 1. The molecule has 2 aromatic rings. The standard InChI is InChI=1S/C22H28N4O/c27-22(20-16-24-21(17-23-20)25-11-5-2-6-12-25)26-13-9-19(10-14-26)15-18-7-3-1-4-8-18/h1,3-4,7-8,16-17,19H,2,5-6,9-15H2. The molecule has 5 nitrogen and oxygen atoms in total. The van der Waals surface area contributed by atoms with Crippen molar-refractivity contribution in [3.05, 3.63) is 54.0 Å². The summed E-state index contributed by atoms with van der Waals surface area (Å²) in [6, 6.07) is 10.6. The van der Waals surface area contributed by atoms with Crippen LogP contribution < -0.4 is 4.90 Å². The highest BCUT2D eigenvalue weighted by atomic mass is 16.2. The van der Waals surface area contributed by atoms with Crippen molar-refractivity contribution in [2.24, 2.45) is 5.92 Å². The van der Waals surface area contributed by atoms with Crippen LogP contribution in [0.1, 0.15) is 48.2 Å². The molecule has 27 heavy (non-hydrogen) atoms. The van der Waals surface area contributed by atoms with E-state index >= 15 is 0 Å². The summed E-state index contributed by atoms with van der Waals surface area (Å²) in [5, 5.41) is 0. The van der Waals surface area contributed by atoms with Gasteiger partial charge in [-0.1, -0.05) is 30.3 Å². The van der Waals surface area contributed by atoms with E-state index < -0.39 is 0 Å². The van der Waals surface area contributed by atoms with E-state index in [-0.39, 0.29) is 5.91 Å². The second-order valence-corrected chi connectivity index (χ2v) is 7.73. The van der Waals surface area contributed by atoms with Gasteiger partial charge in [-0.05, 0) is 50.0 Å². The number of carbonyl (C=O) groups is 1. The molecule has 1 aromatic heterocycles. The van der Waals surface area contributed by atoms with Crippen molar-refractivity contribution in [2.75, 3.05) is 31.1 Å². The fourth-order valence-corrected chi connectivity index (χ4v) is 4.17. The Morgan fingerprint density at radius 1 is 0.926 bits per heavy atom. The number of likely N-dealkylation sites (tertiary alicyclic amines) is 1. The summed E-state index contributed by atoms with van der Waals surface area (Å²) >= 11 is 0. The maximum Gasteiger partial charge on any atom is 0.274 e. The molecule has 2 fully saturated rings. The zero-order valence-electron chi connectivity index (χ0n) is 15.9. The normalized spacial score (nSPS) is 18.5. The average molecular weight is 364 g/mol. The highest BCUT2D eigenvalue weighted by Crippen LogP contribution is 2.23. The van der Waals surface area contributed by atoms with Gasteiger partial charge in [-0.15, -0.1) is 0 Å². The van der Waals surface area contributed by atoms with Crippen LogP contribution in [0.4, 0.5) is 5.82 Å². The molecule has 0 saturated carbocycles. The van der Waals surface area contributed by atoms with Crippen LogP contribution in [0, 0.1) is 5.92 Å². The van der Waals surface area contributed by atoms with Crippen molar-refractivity contribution >= 4 is 11.7 Å². The maximum atomic E-state index is 12.8. The molecule has 0 spiro atoms. The van der Waals surface area contributed by atoms with E-state index in [1.165, 1.54) is 24.8 Å². The first-order valence-corrected chi connectivity index (χ1v) is 10.2. The summed E-state index contributed by atoms with van der Waals surface area (Å²) in [6.45, 7) is 3.70. The number of anilines is 1. The van der Waals surface area contributed by atoms with E-state index in [4.69, 9.17) is 0 Å². The van der Waals surface area contributed by atoms with Gasteiger partial charge in [0.1, 0.15) is 11.5 Å². The van der Waals surface area contributed by atoms with Gasteiger partial charge in [0.25, 0.3) is 5.91 Å². The minimum absolute atomic E-state index is 0.0193. The third kappa shape index (κ3) is 4.46. The first-order valence-electron chi connectivity index (χ1n) is 10.2. The fraction of sp³-hybridized carbons (Fsp3) is 0.500. The van der Waals surface area contributed by atoms with Crippen LogP contribution in [0.25, 0.3) is 0 Å².